The summed E-state index contributed by atoms with van der Waals surface area (Å²) >= 11 is 13.5. The lowest BCUT2D eigenvalue weighted by atomic mass is 10.0. The Hall–Kier alpha value is -2.61. The molecule has 1 unspecified atom stereocenters. The van der Waals surface area contributed by atoms with E-state index in [0.29, 0.717) is 28.0 Å². The van der Waals surface area contributed by atoms with Crippen molar-refractivity contribution in [2.45, 2.75) is 37.2 Å². The summed E-state index contributed by atoms with van der Waals surface area (Å²) in [5, 5.41) is 6.71. The number of hydrogen-bond donors (Lipinski definition) is 2. The SMILES string of the molecule is CC(C)CC(NC(=O)c1nc(SCc2ccccc2)ncc1Cl)C(=O)Nc1ccc(Cl)cc1. The van der Waals surface area contributed by atoms with Gasteiger partial charge in [0.2, 0.25) is 5.91 Å². The maximum Gasteiger partial charge on any atom is 0.272 e. The number of carbonyl (C=O) groups is 2. The van der Waals surface area contributed by atoms with Crippen molar-refractivity contribution in [2.75, 3.05) is 5.32 Å². The number of amides is 2. The van der Waals surface area contributed by atoms with Crippen LogP contribution < -0.4 is 10.6 Å². The largest absolute Gasteiger partial charge is 0.339 e. The van der Waals surface area contributed by atoms with Gasteiger partial charge in [-0.05, 0) is 42.2 Å². The summed E-state index contributed by atoms with van der Waals surface area (Å²) in [5.41, 5.74) is 1.74. The molecule has 1 heterocycles. The molecule has 0 spiro atoms. The third-order valence-electron chi connectivity index (χ3n) is 4.59. The number of nitrogens with one attached hydrogen (secondary N) is 2. The number of rotatable bonds is 9. The zero-order valence-corrected chi connectivity index (χ0v) is 20.5. The molecule has 172 valence electrons. The van der Waals surface area contributed by atoms with Crippen molar-refractivity contribution >= 4 is 52.5 Å². The van der Waals surface area contributed by atoms with Crippen LogP contribution in [0.2, 0.25) is 10.0 Å². The first-order chi connectivity index (χ1) is 15.8. The lowest BCUT2D eigenvalue weighted by Crippen LogP contribution is -2.45. The van der Waals surface area contributed by atoms with Crippen molar-refractivity contribution in [2.24, 2.45) is 5.92 Å². The van der Waals surface area contributed by atoms with Crippen molar-refractivity contribution in [3.8, 4) is 0 Å². The molecule has 0 fully saturated rings. The fraction of sp³-hybridized carbons (Fsp3) is 0.250. The maximum absolute atomic E-state index is 13.0. The summed E-state index contributed by atoms with van der Waals surface area (Å²) in [6.45, 7) is 3.95. The minimum absolute atomic E-state index is 0.0373. The minimum atomic E-state index is -0.764. The number of thioether (sulfide) groups is 1. The zero-order valence-electron chi connectivity index (χ0n) is 18.2. The van der Waals surface area contributed by atoms with Crippen LogP contribution in [-0.2, 0) is 10.5 Å². The molecule has 1 aromatic heterocycles. The van der Waals surface area contributed by atoms with Gasteiger partial charge in [0.1, 0.15) is 6.04 Å². The molecule has 3 rings (SSSR count). The number of hydrogen-bond acceptors (Lipinski definition) is 5. The Balaban J connectivity index is 1.71. The van der Waals surface area contributed by atoms with Crippen LogP contribution in [0.4, 0.5) is 5.69 Å². The molecule has 9 heteroatoms. The third kappa shape index (κ3) is 7.74. The van der Waals surface area contributed by atoms with Crippen LogP contribution in [0, 0.1) is 5.92 Å². The summed E-state index contributed by atoms with van der Waals surface area (Å²) in [5.74, 6) is -0.0311. The Labute approximate surface area is 207 Å². The maximum atomic E-state index is 13.0. The second-order valence-corrected chi connectivity index (χ2v) is 9.56. The molecule has 2 amide bonds. The number of halogens is 2. The average Bonchev–Trinajstić information content (AvgIpc) is 2.80. The fourth-order valence-corrected chi connectivity index (χ4v) is 4.07. The van der Waals surface area contributed by atoms with Crippen LogP contribution in [0.25, 0.3) is 0 Å². The molecule has 33 heavy (non-hydrogen) atoms. The summed E-state index contributed by atoms with van der Waals surface area (Å²) in [4.78, 5) is 34.4. The van der Waals surface area contributed by atoms with Gasteiger partial charge in [-0.1, -0.05) is 79.1 Å². The lowest BCUT2D eigenvalue weighted by molar-refractivity contribution is -0.118. The molecule has 0 bridgehead atoms. The van der Waals surface area contributed by atoms with E-state index in [-0.39, 0.29) is 22.5 Å². The fourth-order valence-electron chi connectivity index (χ4n) is 2.99. The normalized spacial score (nSPS) is 11.8. The molecular weight excluding hydrogens is 479 g/mol. The van der Waals surface area contributed by atoms with Crippen molar-refractivity contribution in [1.29, 1.82) is 0 Å². The smallest absolute Gasteiger partial charge is 0.272 e. The molecule has 1 atom stereocenters. The Morgan fingerprint density at radius 3 is 2.39 bits per heavy atom. The first-order valence-corrected chi connectivity index (χ1v) is 12.1. The highest BCUT2D eigenvalue weighted by Crippen LogP contribution is 2.22. The van der Waals surface area contributed by atoms with Crippen LogP contribution in [0.15, 0.2) is 66.0 Å². The second-order valence-electron chi connectivity index (χ2n) is 7.78. The van der Waals surface area contributed by atoms with Crippen LogP contribution in [0.3, 0.4) is 0 Å². The van der Waals surface area contributed by atoms with Crippen molar-refractivity contribution < 1.29 is 9.59 Å². The highest BCUT2D eigenvalue weighted by atomic mass is 35.5. The molecule has 0 radical (unpaired) electrons. The summed E-state index contributed by atoms with van der Waals surface area (Å²) < 4.78 is 0. The molecule has 0 aliphatic rings. The molecule has 0 aliphatic heterocycles. The molecule has 6 nitrogen and oxygen atoms in total. The van der Waals surface area contributed by atoms with E-state index in [1.807, 2.05) is 44.2 Å². The van der Waals surface area contributed by atoms with Crippen LogP contribution in [0.1, 0.15) is 36.3 Å². The van der Waals surface area contributed by atoms with Crippen molar-refractivity contribution in [3.63, 3.8) is 0 Å². The summed E-state index contributed by atoms with van der Waals surface area (Å²) in [6, 6.07) is 15.9. The highest BCUT2D eigenvalue weighted by Gasteiger charge is 2.25. The minimum Gasteiger partial charge on any atom is -0.339 e. The number of anilines is 1. The molecule has 0 saturated heterocycles. The van der Waals surface area contributed by atoms with Crippen LogP contribution in [-0.4, -0.2) is 27.8 Å². The van der Waals surface area contributed by atoms with E-state index in [4.69, 9.17) is 23.2 Å². The monoisotopic (exact) mass is 502 g/mol. The van der Waals surface area contributed by atoms with Gasteiger partial charge in [0, 0.05) is 16.5 Å². The van der Waals surface area contributed by atoms with Crippen molar-refractivity contribution in [1.82, 2.24) is 15.3 Å². The van der Waals surface area contributed by atoms with Gasteiger partial charge in [0.25, 0.3) is 5.91 Å². The first-order valence-electron chi connectivity index (χ1n) is 10.4. The zero-order chi connectivity index (χ0) is 23.8. The van der Waals surface area contributed by atoms with Gasteiger partial charge in [0.15, 0.2) is 10.9 Å². The molecule has 2 N–H and O–H groups in total. The Bertz CT molecular complexity index is 1100. The van der Waals surface area contributed by atoms with Crippen LogP contribution >= 0.6 is 35.0 Å². The number of carbonyl (C=O) groups excluding carboxylic acids is 2. The molecular formula is C24H24Cl2N4O2S. The average molecular weight is 503 g/mol. The van der Waals surface area contributed by atoms with Gasteiger partial charge in [-0.3, -0.25) is 9.59 Å². The van der Waals surface area contributed by atoms with E-state index in [2.05, 4.69) is 20.6 Å². The van der Waals surface area contributed by atoms with E-state index in [9.17, 15) is 9.59 Å². The Morgan fingerprint density at radius 1 is 1.03 bits per heavy atom. The molecule has 0 saturated carbocycles. The number of benzene rings is 2. The Morgan fingerprint density at radius 2 is 1.73 bits per heavy atom. The van der Waals surface area contributed by atoms with E-state index < -0.39 is 11.9 Å². The van der Waals surface area contributed by atoms with Gasteiger partial charge >= 0.3 is 0 Å². The van der Waals surface area contributed by atoms with Crippen LogP contribution in [0.5, 0.6) is 0 Å². The van der Waals surface area contributed by atoms with Gasteiger partial charge in [-0.15, -0.1) is 0 Å². The van der Waals surface area contributed by atoms with Crippen molar-refractivity contribution in [3.05, 3.63) is 82.1 Å². The lowest BCUT2D eigenvalue weighted by Gasteiger charge is -2.20. The number of aromatic nitrogens is 2. The number of nitrogens with zero attached hydrogens (tertiary/aromatic N) is 2. The molecule has 0 aliphatic carbocycles. The topological polar surface area (TPSA) is 84.0 Å². The van der Waals surface area contributed by atoms with E-state index >= 15 is 0 Å². The predicted molar refractivity (Wildman–Crippen MR) is 134 cm³/mol. The predicted octanol–water partition coefficient (Wildman–Crippen LogP) is 5.86. The second kappa shape index (κ2) is 12.0. The first kappa shape index (κ1) is 25.0. The standard InChI is InChI=1S/C24H24Cl2N4O2S/c1-15(2)12-20(22(31)28-18-10-8-17(25)9-11-18)29-23(32)21-19(26)13-27-24(30-21)33-14-16-6-4-3-5-7-16/h3-11,13,15,20H,12,14H2,1-2H3,(H,28,31)(H,29,32). The highest BCUT2D eigenvalue weighted by molar-refractivity contribution is 7.98. The molecule has 3 aromatic rings. The summed E-state index contributed by atoms with van der Waals surface area (Å²) in [7, 11) is 0. The van der Waals surface area contributed by atoms with Gasteiger partial charge in [-0.2, -0.15) is 0 Å². The Kier molecular flexibility index (Phi) is 9.11. The summed E-state index contributed by atoms with van der Waals surface area (Å²) in [6.07, 6.45) is 1.85. The van der Waals surface area contributed by atoms with Gasteiger partial charge in [-0.25, -0.2) is 9.97 Å². The third-order valence-corrected chi connectivity index (χ3v) is 6.05. The van der Waals surface area contributed by atoms with E-state index in [1.165, 1.54) is 18.0 Å². The van der Waals surface area contributed by atoms with E-state index in [1.54, 1.807) is 24.3 Å². The molecule has 2 aromatic carbocycles. The van der Waals surface area contributed by atoms with Gasteiger partial charge in [0.05, 0.1) is 11.2 Å². The van der Waals surface area contributed by atoms with E-state index in [0.717, 1.165) is 5.56 Å². The van der Waals surface area contributed by atoms with Gasteiger partial charge < -0.3 is 10.6 Å². The quantitative estimate of drug-likeness (QED) is 0.282.